The van der Waals surface area contributed by atoms with Gasteiger partial charge in [0.25, 0.3) is 0 Å². The Labute approximate surface area is 133 Å². The molecule has 0 bridgehead atoms. The highest BCUT2D eigenvalue weighted by molar-refractivity contribution is 7.97. The Balaban J connectivity index is 1.79. The molecule has 1 aliphatic rings. The Bertz CT molecular complexity index is 522. The second-order valence-electron chi connectivity index (χ2n) is 5.30. The summed E-state index contributed by atoms with van der Waals surface area (Å²) in [5.41, 5.74) is 5.20. The lowest BCUT2D eigenvalue weighted by Gasteiger charge is -2.30. The molecule has 122 valence electrons. The molecular weight excluding hydrogens is 306 g/mol. The van der Waals surface area contributed by atoms with Crippen LogP contribution in [-0.2, 0) is 21.9 Å². The van der Waals surface area contributed by atoms with Crippen LogP contribution < -0.4 is 11.1 Å². The number of piperidine rings is 1. The summed E-state index contributed by atoms with van der Waals surface area (Å²) >= 11 is 1.60. The number of likely N-dealkylation sites (tertiary alicyclic amines) is 1. The summed E-state index contributed by atoms with van der Waals surface area (Å²) in [6, 6.07) is 0. The predicted molar refractivity (Wildman–Crippen MR) is 81.7 cm³/mol. The number of rotatable bonds is 7. The summed E-state index contributed by atoms with van der Waals surface area (Å²) in [5, 5.41) is 6.64. The molecule has 0 aliphatic carbocycles. The summed E-state index contributed by atoms with van der Waals surface area (Å²) in [5.74, 6) is 1.15. The molecule has 1 aromatic rings. The number of thioether (sulfide) groups is 1. The van der Waals surface area contributed by atoms with E-state index in [9.17, 15) is 9.59 Å². The van der Waals surface area contributed by atoms with Crippen LogP contribution in [0.25, 0.3) is 0 Å². The van der Waals surface area contributed by atoms with Crippen molar-refractivity contribution in [2.24, 2.45) is 11.7 Å². The number of amides is 2. The topological polar surface area (TPSA) is 114 Å². The number of nitrogens with zero attached hydrogens (tertiary/aromatic N) is 3. The van der Waals surface area contributed by atoms with Gasteiger partial charge >= 0.3 is 0 Å². The van der Waals surface area contributed by atoms with Crippen molar-refractivity contribution >= 4 is 23.6 Å². The predicted octanol–water partition coefficient (Wildman–Crippen LogP) is -0.254. The lowest BCUT2D eigenvalue weighted by molar-refractivity contribution is -0.128. The fourth-order valence-electron chi connectivity index (χ4n) is 2.49. The van der Waals surface area contributed by atoms with Gasteiger partial charge in [0.15, 0.2) is 5.82 Å². The second-order valence-corrected chi connectivity index (χ2v) is 6.16. The van der Waals surface area contributed by atoms with Crippen LogP contribution in [0.3, 0.4) is 0 Å². The number of hydrogen-bond acceptors (Lipinski definition) is 7. The fourth-order valence-corrected chi connectivity index (χ4v) is 2.87. The Morgan fingerprint density at radius 3 is 3.09 bits per heavy atom. The minimum atomic E-state index is -0.367. The molecule has 8 nitrogen and oxygen atoms in total. The van der Waals surface area contributed by atoms with Crippen LogP contribution in [0.1, 0.15) is 24.6 Å². The van der Waals surface area contributed by atoms with E-state index in [4.69, 9.17) is 10.3 Å². The first-order chi connectivity index (χ1) is 10.6. The average Bonchev–Trinajstić information content (AvgIpc) is 2.92. The number of aromatic nitrogens is 2. The van der Waals surface area contributed by atoms with Crippen LogP contribution >= 0.6 is 11.8 Å². The van der Waals surface area contributed by atoms with Gasteiger partial charge in [-0.2, -0.15) is 16.7 Å². The van der Waals surface area contributed by atoms with Gasteiger partial charge in [0.1, 0.15) is 0 Å². The molecule has 0 saturated carbocycles. The number of carbonyl (C=O) groups excluding carboxylic acids is 2. The Hall–Kier alpha value is -1.61. The average molecular weight is 327 g/mol. The van der Waals surface area contributed by atoms with Gasteiger partial charge in [-0.3, -0.25) is 14.5 Å². The van der Waals surface area contributed by atoms with Gasteiger partial charge in [0.2, 0.25) is 17.7 Å². The van der Waals surface area contributed by atoms with E-state index in [1.165, 1.54) is 0 Å². The van der Waals surface area contributed by atoms with E-state index in [0.717, 1.165) is 19.4 Å². The van der Waals surface area contributed by atoms with E-state index < -0.39 is 0 Å². The number of nitrogens with one attached hydrogen (secondary N) is 1. The summed E-state index contributed by atoms with van der Waals surface area (Å²) in [6.07, 6.45) is 3.64. The van der Waals surface area contributed by atoms with E-state index in [2.05, 4.69) is 15.5 Å². The van der Waals surface area contributed by atoms with Gasteiger partial charge in [0.05, 0.1) is 24.8 Å². The van der Waals surface area contributed by atoms with E-state index in [1.54, 1.807) is 11.8 Å². The van der Waals surface area contributed by atoms with Crippen molar-refractivity contribution in [3.8, 4) is 0 Å². The third-order valence-electron chi connectivity index (χ3n) is 3.45. The molecular formula is C13H21N5O3S. The fraction of sp³-hybridized carbons (Fsp3) is 0.692. The zero-order valence-corrected chi connectivity index (χ0v) is 13.4. The molecule has 2 amide bonds. The third-order valence-corrected chi connectivity index (χ3v) is 4.00. The maximum Gasteiger partial charge on any atom is 0.246 e. The van der Waals surface area contributed by atoms with E-state index in [-0.39, 0.29) is 30.8 Å². The molecule has 0 spiro atoms. The van der Waals surface area contributed by atoms with Crippen molar-refractivity contribution < 1.29 is 14.1 Å². The minimum absolute atomic E-state index is 0.0567. The van der Waals surface area contributed by atoms with Crippen molar-refractivity contribution in [2.45, 2.75) is 25.1 Å². The SMILES string of the molecule is CSCc1noc(CNC(=O)[C@@H]2CCCN(CC(N)=O)C2)n1. The van der Waals surface area contributed by atoms with Crippen LogP contribution in [0.15, 0.2) is 4.52 Å². The minimum Gasteiger partial charge on any atom is -0.369 e. The van der Waals surface area contributed by atoms with Gasteiger partial charge in [-0.05, 0) is 25.6 Å². The molecule has 1 saturated heterocycles. The van der Waals surface area contributed by atoms with E-state index in [1.807, 2.05) is 11.2 Å². The monoisotopic (exact) mass is 327 g/mol. The maximum atomic E-state index is 12.2. The van der Waals surface area contributed by atoms with E-state index in [0.29, 0.717) is 24.0 Å². The summed E-state index contributed by atoms with van der Waals surface area (Å²) in [7, 11) is 0. The standard InChI is InChI=1S/C13H21N5O3S/c1-22-8-11-16-12(21-17-11)5-15-13(20)9-3-2-4-18(6-9)7-10(14)19/h9H,2-8H2,1H3,(H2,14,19)(H,15,20)/t9-/m1/s1. The molecule has 1 fully saturated rings. The highest BCUT2D eigenvalue weighted by Crippen LogP contribution is 2.16. The normalized spacial score (nSPS) is 19.0. The Morgan fingerprint density at radius 1 is 1.55 bits per heavy atom. The number of nitrogens with two attached hydrogens (primary N) is 1. The lowest BCUT2D eigenvalue weighted by Crippen LogP contribution is -2.45. The first-order valence-corrected chi connectivity index (χ1v) is 8.56. The number of primary amides is 1. The zero-order valence-electron chi connectivity index (χ0n) is 12.6. The summed E-state index contributed by atoms with van der Waals surface area (Å²) < 4.78 is 5.07. The Morgan fingerprint density at radius 2 is 2.36 bits per heavy atom. The molecule has 22 heavy (non-hydrogen) atoms. The van der Waals surface area contributed by atoms with Crippen LogP contribution in [0.2, 0.25) is 0 Å². The van der Waals surface area contributed by atoms with Crippen LogP contribution in [0, 0.1) is 5.92 Å². The second kappa shape index (κ2) is 8.14. The quantitative estimate of drug-likeness (QED) is 0.709. The number of hydrogen-bond donors (Lipinski definition) is 2. The highest BCUT2D eigenvalue weighted by atomic mass is 32.2. The molecule has 0 radical (unpaired) electrons. The molecule has 1 aliphatic heterocycles. The molecule has 1 aromatic heterocycles. The maximum absolute atomic E-state index is 12.2. The third kappa shape index (κ3) is 4.99. The summed E-state index contributed by atoms with van der Waals surface area (Å²) in [6.45, 7) is 1.78. The van der Waals surface area contributed by atoms with Crippen LogP contribution in [0.4, 0.5) is 0 Å². The molecule has 1 atom stereocenters. The van der Waals surface area contributed by atoms with Crippen molar-refractivity contribution in [3.63, 3.8) is 0 Å². The number of carbonyl (C=O) groups is 2. The molecule has 3 N–H and O–H groups in total. The van der Waals surface area contributed by atoms with Crippen molar-refractivity contribution in [2.75, 3.05) is 25.9 Å². The smallest absolute Gasteiger partial charge is 0.246 e. The molecule has 2 rings (SSSR count). The Kier molecular flexibility index (Phi) is 6.20. The first kappa shape index (κ1) is 16.8. The van der Waals surface area contributed by atoms with Crippen LogP contribution in [0.5, 0.6) is 0 Å². The largest absolute Gasteiger partial charge is 0.369 e. The lowest BCUT2D eigenvalue weighted by atomic mass is 9.97. The first-order valence-electron chi connectivity index (χ1n) is 7.17. The summed E-state index contributed by atoms with van der Waals surface area (Å²) in [4.78, 5) is 29.3. The van der Waals surface area contributed by atoms with Crippen LogP contribution in [-0.4, -0.2) is 52.7 Å². The van der Waals surface area contributed by atoms with Gasteiger partial charge in [-0.15, -0.1) is 0 Å². The highest BCUT2D eigenvalue weighted by Gasteiger charge is 2.26. The van der Waals surface area contributed by atoms with Crippen molar-refractivity contribution in [1.82, 2.24) is 20.4 Å². The van der Waals surface area contributed by atoms with Crippen molar-refractivity contribution in [1.29, 1.82) is 0 Å². The molecule has 2 heterocycles. The molecule has 0 aromatic carbocycles. The van der Waals surface area contributed by atoms with Crippen molar-refractivity contribution in [3.05, 3.63) is 11.7 Å². The van der Waals surface area contributed by atoms with Gasteiger partial charge < -0.3 is 15.6 Å². The van der Waals surface area contributed by atoms with Gasteiger partial charge in [-0.1, -0.05) is 5.16 Å². The zero-order chi connectivity index (χ0) is 15.9. The molecule has 0 unspecified atom stereocenters. The van der Waals surface area contributed by atoms with E-state index >= 15 is 0 Å². The van der Waals surface area contributed by atoms with Gasteiger partial charge in [0, 0.05) is 6.54 Å². The van der Waals surface area contributed by atoms with Gasteiger partial charge in [-0.25, -0.2) is 0 Å². The molecule has 9 heteroatoms.